The minimum atomic E-state index is -0.629. The third-order valence-corrected chi connectivity index (χ3v) is 4.12. The van der Waals surface area contributed by atoms with Gasteiger partial charge in [0.15, 0.2) is 0 Å². The summed E-state index contributed by atoms with van der Waals surface area (Å²) in [5.74, 6) is -0.767. The van der Waals surface area contributed by atoms with Crippen molar-refractivity contribution < 1.29 is 9.90 Å². The number of aliphatic carboxylic acids is 1. The average Bonchev–Trinajstić information content (AvgIpc) is 2.41. The quantitative estimate of drug-likeness (QED) is 0.886. The van der Waals surface area contributed by atoms with E-state index in [-0.39, 0.29) is 5.92 Å². The molecule has 1 N–H and O–H groups in total. The molecule has 1 saturated heterocycles. The van der Waals surface area contributed by atoms with Gasteiger partial charge in [-0.15, -0.1) is 0 Å². The van der Waals surface area contributed by atoms with Gasteiger partial charge >= 0.3 is 5.97 Å². The average molecular weight is 261 g/mol. The number of carbonyl (C=O) groups is 1. The first-order chi connectivity index (χ1) is 9.16. The summed E-state index contributed by atoms with van der Waals surface area (Å²) in [7, 11) is 0. The second-order valence-electron chi connectivity index (χ2n) is 5.53. The van der Waals surface area contributed by atoms with Gasteiger partial charge in [0.05, 0.1) is 5.92 Å². The maximum Gasteiger partial charge on any atom is 0.306 e. The Hall–Kier alpha value is -1.35. The predicted molar refractivity (Wildman–Crippen MR) is 76.2 cm³/mol. The van der Waals surface area contributed by atoms with Crippen molar-refractivity contribution in [2.24, 2.45) is 5.92 Å². The molecule has 0 radical (unpaired) electrons. The molecule has 2 atom stereocenters. The van der Waals surface area contributed by atoms with E-state index in [0.717, 1.165) is 38.8 Å². The third-order valence-electron chi connectivity index (χ3n) is 4.12. The van der Waals surface area contributed by atoms with E-state index >= 15 is 0 Å². The van der Waals surface area contributed by atoms with Crippen LogP contribution in [0.25, 0.3) is 0 Å². The lowest BCUT2D eigenvalue weighted by Crippen LogP contribution is -2.43. The van der Waals surface area contributed by atoms with Crippen molar-refractivity contribution >= 4 is 5.97 Å². The van der Waals surface area contributed by atoms with E-state index in [2.05, 4.69) is 36.1 Å². The summed E-state index contributed by atoms with van der Waals surface area (Å²) < 4.78 is 0. The molecule has 3 nitrogen and oxygen atoms in total. The van der Waals surface area contributed by atoms with Crippen molar-refractivity contribution in [1.82, 2.24) is 4.90 Å². The summed E-state index contributed by atoms with van der Waals surface area (Å²) in [6.45, 7) is 4.15. The van der Waals surface area contributed by atoms with Gasteiger partial charge in [0, 0.05) is 6.04 Å². The highest BCUT2D eigenvalue weighted by Crippen LogP contribution is 2.23. The minimum Gasteiger partial charge on any atom is -0.481 e. The fraction of sp³-hybridized carbons (Fsp3) is 0.562. The van der Waals surface area contributed by atoms with Gasteiger partial charge in [-0.05, 0) is 51.3 Å². The Morgan fingerprint density at radius 3 is 2.74 bits per heavy atom. The zero-order valence-electron chi connectivity index (χ0n) is 11.6. The fourth-order valence-corrected chi connectivity index (χ4v) is 2.91. The number of piperidine rings is 1. The summed E-state index contributed by atoms with van der Waals surface area (Å²) in [5.41, 5.74) is 1.38. The van der Waals surface area contributed by atoms with Crippen LogP contribution < -0.4 is 0 Å². The molecule has 2 rings (SSSR count). The van der Waals surface area contributed by atoms with Crippen LogP contribution >= 0.6 is 0 Å². The van der Waals surface area contributed by atoms with Crippen molar-refractivity contribution in [3.63, 3.8) is 0 Å². The summed E-state index contributed by atoms with van der Waals surface area (Å²) in [4.78, 5) is 13.4. The fourth-order valence-electron chi connectivity index (χ4n) is 2.91. The summed E-state index contributed by atoms with van der Waals surface area (Å²) in [6, 6.07) is 10.9. The molecule has 0 aliphatic carbocycles. The van der Waals surface area contributed by atoms with Gasteiger partial charge in [0.25, 0.3) is 0 Å². The number of carboxylic acids is 1. The predicted octanol–water partition coefficient (Wildman–Crippen LogP) is 2.80. The van der Waals surface area contributed by atoms with Crippen LogP contribution in [0.2, 0.25) is 0 Å². The number of rotatable bonds is 5. The molecule has 1 aliphatic heterocycles. The molecule has 3 heteroatoms. The van der Waals surface area contributed by atoms with Crippen molar-refractivity contribution in [3.8, 4) is 0 Å². The third kappa shape index (κ3) is 4.06. The minimum absolute atomic E-state index is 0.139. The lowest BCUT2D eigenvalue weighted by Gasteiger charge is -2.36. The normalized spacial score (nSPS) is 24.3. The summed E-state index contributed by atoms with van der Waals surface area (Å²) >= 11 is 0. The Labute approximate surface area is 115 Å². The molecule has 1 heterocycles. The van der Waals surface area contributed by atoms with E-state index < -0.39 is 5.97 Å². The maximum atomic E-state index is 11.0. The highest BCUT2D eigenvalue weighted by atomic mass is 16.4. The molecule has 2 unspecified atom stereocenters. The topological polar surface area (TPSA) is 40.5 Å². The van der Waals surface area contributed by atoms with Crippen LogP contribution in [0.1, 0.15) is 31.7 Å². The first kappa shape index (κ1) is 14.1. The summed E-state index contributed by atoms with van der Waals surface area (Å²) in [6.07, 6.45) is 3.84. The van der Waals surface area contributed by atoms with E-state index in [1.54, 1.807) is 0 Å². The standard InChI is InChI=1S/C16H23NO2/c1-13-12-15(16(18)19)9-11-17(13)10-5-8-14-6-3-2-4-7-14/h2-4,6-7,13,15H,5,8-12H2,1H3,(H,18,19). The Morgan fingerprint density at radius 1 is 1.37 bits per heavy atom. The van der Waals surface area contributed by atoms with Crippen molar-refractivity contribution in [1.29, 1.82) is 0 Å². The molecule has 1 aromatic carbocycles. The van der Waals surface area contributed by atoms with E-state index in [9.17, 15) is 4.79 Å². The molecule has 1 fully saturated rings. The number of aryl methyl sites for hydroxylation is 1. The molecule has 0 amide bonds. The van der Waals surface area contributed by atoms with Gasteiger partial charge in [-0.1, -0.05) is 30.3 Å². The smallest absolute Gasteiger partial charge is 0.306 e. The van der Waals surface area contributed by atoms with Crippen molar-refractivity contribution in [2.45, 2.75) is 38.6 Å². The van der Waals surface area contributed by atoms with Crippen LogP contribution in [0.4, 0.5) is 0 Å². The zero-order valence-corrected chi connectivity index (χ0v) is 11.6. The van der Waals surface area contributed by atoms with Gasteiger partial charge in [0.1, 0.15) is 0 Å². The number of hydrogen-bond donors (Lipinski definition) is 1. The van der Waals surface area contributed by atoms with Crippen LogP contribution in [0.15, 0.2) is 30.3 Å². The number of nitrogens with zero attached hydrogens (tertiary/aromatic N) is 1. The van der Waals surface area contributed by atoms with E-state index in [4.69, 9.17) is 5.11 Å². The molecule has 104 valence electrons. The molecule has 19 heavy (non-hydrogen) atoms. The summed E-state index contributed by atoms with van der Waals surface area (Å²) in [5, 5.41) is 9.05. The van der Waals surface area contributed by atoms with Crippen LogP contribution in [-0.2, 0) is 11.2 Å². The van der Waals surface area contributed by atoms with E-state index in [1.165, 1.54) is 5.56 Å². The zero-order chi connectivity index (χ0) is 13.7. The lowest BCUT2D eigenvalue weighted by atomic mass is 9.91. The highest BCUT2D eigenvalue weighted by molar-refractivity contribution is 5.70. The second-order valence-corrected chi connectivity index (χ2v) is 5.53. The van der Waals surface area contributed by atoms with Crippen LogP contribution in [-0.4, -0.2) is 35.1 Å². The first-order valence-electron chi connectivity index (χ1n) is 7.17. The highest BCUT2D eigenvalue weighted by Gasteiger charge is 2.28. The number of benzene rings is 1. The number of likely N-dealkylation sites (tertiary alicyclic amines) is 1. The van der Waals surface area contributed by atoms with Crippen molar-refractivity contribution in [3.05, 3.63) is 35.9 Å². The van der Waals surface area contributed by atoms with E-state index in [0.29, 0.717) is 6.04 Å². The van der Waals surface area contributed by atoms with E-state index in [1.807, 2.05) is 6.07 Å². The van der Waals surface area contributed by atoms with Gasteiger partial charge in [-0.3, -0.25) is 4.79 Å². The van der Waals surface area contributed by atoms with Crippen LogP contribution in [0, 0.1) is 5.92 Å². The molecule has 0 saturated carbocycles. The molecule has 0 bridgehead atoms. The lowest BCUT2D eigenvalue weighted by molar-refractivity contribution is -0.144. The Kier molecular flexibility index (Phi) is 4.97. The van der Waals surface area contributed by atoms with Gasteiger partial charge in [-0.2, -0.15) is 0 Å². The Balaban J connectivity index is 1.74. The van der Waals surface area contributed by atoms with Gasteiger partial charge in [0.2, 0.25) is 0 Å². The molecule has 1 aromatic rings. The maximum absolute atomic E-state index is 11.0. The van der Waals surface area contributed by atoms with Crippen LogP contribution in [0.3, 0.4) is 0 Å². The molecule has 0 aromatic heterocycles. The van der Waals surface area contributed by atoms with Crippen LogP contribution in [0.5, 0.6) is 0 Å². The van der Waals surface area contributed by atoms with Gasteiger partial charge < -0.3 is 10.0 Å². The molecular weight excluding hydrogens is 238 g/mol. The van der Waals surface area contributed by atoms with Crippen molar-refractivity contribution in [2.75, 3.05) is 13.1 Å². The monoisotopic (exact) mass is 261 g/mol. The SMILES string of the molecule is CC1CC(C(=O)O)CCN1CCCc1ccccc1. The Morgan fingerprint density at radius 2 is 2.11 bits per heavy atom. The molecular formula is C16H23NO2. The number of hydrogen-bond acceptors (Lipinski definition) is 2. The molecule has 0 spiro atoms. The largest absolute Gasteiger partial charge is 0.481 e. The Bertz CT molecular complexity index is 404. The molecule has 1 aliphatic rings. The number of carboxylic acid groups (broad SMARTS) is 1. The van der Waals surface area contributed by atoms with Gasteiger partial charge in [-0.25, -0.2) is 0 Å². The first-order valence-corrected chi connectivity index (χ1v) is 7.17. The second kappa shape index (κ2) is 6.71.